The van der Waals surface area contributed by atoms with Crippen LogP contribution in [-0.2, 0) is 11.0 Å². The molecule has 2 aromatic rings. The van der Waals surface area contributed by atoms with Crippen molar-refractivity contribution in [2.45, 2.75) is 12.2 Å². The van der Waals surface area contributed by atoms with Crippen molar-refractivity contribution in [3.63, 3.8) is 0 Å². The van der Waals surface area contributed by atoms with Crippen LogP contribution in [0.2, 0.25) is 0 Å². The monoisotopic (exact) mass is 331 g/mol. The number of anilines is 1. The first kappa shape index (κ1) is 17.8. The maximum atomic E-state index is 12.5. The molecule has 0 saturated heterocycles. The van der Waals surface area contributed by atoms with E-state index in [0.29, 0.717) is 5.69 Å². The van der Waals surface area contributed by atoms with Crippen molar-refractivity contribution in [3.8, 4) is 0 Å². The average molecular weight is 332 g/mol. The van der Waals surface area contributed by atoms with Crippen LogP contribution >= 0.6 is 12.4 Å². The molecule has 22 heavy (non-hydrogen) atoms. The van der Waals surface area contributed by atoms with E-state index in [1.165, 1.54) is 0 Å². The Morgan fingerprint density at radius 2 is 1.55 bits per heavy atom. The molecule has 0 saturated carbocycles. The zero-order valence-electron chi connectivity index (χ0n) is 11.2. The second-order valence-electron chi connectivity index (χ2n) is 4.40. The van der Waals surface area contributed by atoms with Gasteiger partial charge in [-0.05, 0) is 29.8 Å². The fourth-order valence-corrected chi connectivity index (χ4v) is 1.85. The Morgan fingerprint density at radius 1 is 1.00 bits per heavy atom. The molecule has 0 bridgehead atoms. The summed E-state index contributed by atoms with van der Waals surface area (Å²) in [6.45, 7) is 0. The summed E-state index contributed by atoms with van der Waals surface area (Å²) in [5.74, 6) is -1.17. The topological polar surface area (TPSA) is 49.3 Å². The maximum Gasteiger partial charge on any atom is 0.416 e. The number of para-hydroxylation sites is 1. The summed E-state index contributed by atoms with van der Waals surface area (Å²) < 4.78 is 37.5. The van der Waals surface area contributed by atoms with Gasteiger partial charge in [-0.25, -0.2) is 4.79 Å². The van der Waals surface area contributed by atoms with E-state index < -0.39 is 23.8 Å². The van der Waals surface area contributed by atoms with Gasteiger partial charge in [0.2, 0.25) is 0 Å². The first-order valence-corrected chi connectivity index (χ1v) is 6.09. The molecule has 0 fully saturated rings. The van der Waals surface area contributed by atoms with Gasteiger partial charge in [-0.3, -0.25) is 0 Å². The van der Waals surface area contributed by atoms with Crippen LogP contribution in [0.5, 0.6) is 0 Å². The van der Waals surface area contributed by atoms with Crippen LogP contribution in [0.1, 0.15) is 17.2 Å². The number of benzene rings is 2. The Kier molecular flexibility index (Phi) is 5.82. The van der Waals surface area contributed by atoms with Gasteiger partial charge in [0, 0.05) is 5.69 Å². The summed E-state index contributed by atoms with van der Waals surface area (Å²) >= 11 is 0. The van der Waals surface area contributed by atoms with Gasteiger partial charge in [0.15, 0.2) is 6.04 Å². The van der Waals surface area contributed by atoms with Crippen LogP contribution in [0.3, 0.4) is 0 Å². The third-order valence-corrected chi connectivity index (χ3v) is 2.90. The zero-order valence-corrected chi connectivity index (χ0v) is 12.0. The molecule has 2 aromatic carbocycles. The smallest absolute Gasteiger partial charge is 0.416 e. The zero-order chi connectivity index (χ0) is 15.5. The lowest BCUT2D eigenvalue weighted by Gasteiger charge is -2.17. The minimum atomic E-state index is -4.44. The van der Waals surface area contributed by atoms with Gasteiger partial charge in [-0.1, -0.05) is 30.3 Å². The number of aliphatic carboxylic acids is 1. The number of alkyl halides is 3. The first-order chi connectivity index (χ1) is 9.88. The predicted octanol–water partition coefficient (Wildman–Crippen LogP) is 4.37. The van der Waals surface area contributed by atoms with Crippen molar-refractivity contribution in [2.24, 2.45) is 0 Å². The van der Waals surface area contributed by atoms with Gasteiger partial charge < -0.3 is 10.4 Å². The van der Waals surface area contributed by atoms with E-state index >= 15 is 0 Å². The lowest BCUT2D eigenvalue weighted by molar-refractivity contribution is -0.138. The van der Waals surface area contributed by atoms with Crippen LogP contribution in [0.25, 0.3) is 0 Å². The van der Waals surface area contributed by atoms with Crippen LogP contribution in [-0.4, -0.2) is 11.1 Å². The Bertz CT molecular complexity index is 615. The van der Waals surface area contributed by atoms with Crippen molar-refractivity contribution in [2.75, 3.05) is 5.32 Å². The van der Waals surface area contributed by atoms with E-state index in [1.54, 1.807) is 30.3 Å². The van der Waals surface area contributed by atoms with Crippen molar-refractivity contribution < 1.29 is 23.1 Å². The van der Waals surface area contributed by atoms with Crippen LogP contribution in [0.4, 0.5) is 18.9 Å². The lowest BCUT2D eigenvalue weighted by atomic mass is 10.0. The molecule has 0 aromatic heterocycles. The second-order valence-corrected chi connectivity index (χ2v) is 4.40. The molecule has 118 valence electrons. The highest BCUT2D eigenvalue weighted by atomic mass is 35.5. The summed E-state index contributed by atoms with van der Waals surface area (Å²) in [4.78, 5) is 11.3. The average Bonchev–Trinajstić information content (AvgIpc) is 2.45. The van der Waals surface area contributed by atoms with Crippen LogP contribution < -0.4 is 5.32 Å². The molecule has 0 aliphatic carbocycles. The number of nitrogens with one attached hydrogen (secondary N) is 1. The second kappa shape index (κ2) is 7.17. The summed E-state index contributed by atoms with van der Waals surface area (Å²) in [5.41, 5.74) is 0.0132. The number of hydrogen-bond donors (Lipinski definition) is 2. The quantitative estimate of drug-likeness (QED) is 0.875. The molecule has 0 aliphatic rings. The minimum Gasteiger partial charge on any atom is -0.479 e. The van der Waals surface area contributed by atoms with E-state index in [0.717, 1.165) is 24.3 Å². The number of halogens is 4. The van der Waals surface area contributed by atoms with E-state index in [1.807, 2.05) is 0 Å². The van der Waals surface area contributed by atoms with Gasteiger partial charge in [0.1, 0.15) is 0 Å². The summed E-state index contributed by atoms with van der Waals surface area (Å²) in [6, 6.07) is 11.6. The Morgan fingerprint density at radius 3 is 2.00 bits per heavy atom. The summed E-state index contributed by atoms with van der Waals surface area (Å²) in [7, 11) is 0. The molecular formula is C15H13ClF3NO2. The highest BCUT2D eigenvalue weighted by Gasteiger charge is 2.30. The molecule has 1 atom stereocenters. The molecule has 1 unspecified atom stereocenters. The predicted molar refractivity (Wildman–Crippen MR) is 79.1 cm³/mol. The lowest BCUT2D eigenvalue weighted by Crippen LogP contribution is -2.20. The Hall–Kier alpha value is -2.21. The van der Waals surface area contributed by atoms with Gasteiger partial charge in [0.25, 0.3) is 0 Å². The Balaban J connectivity index is 0.00000242. The fourth-order valence-electron chi connectivity index (χ4n) is 1.85. The molecule has 0 amide bonds. The highest BCUT2D eigenvalue weighted by molar-refractivity contribution is 5.85. The molecule has 0 spiro atoms. The molecule has 0 heterocycles. The van der Waals surface area contributed by atoms with E-state index in [9.17, 15) is 23.1 Å². The van der Waals surface area contributed by atoms with Crippen molar-refractivity contribution >= 4 is 24.1 Å². The molecule has 2 N–H and O–H groups in total. The number of carbonyl (C=O) groups is 1. The fraction of sp³-hybridized carbons (Fsp3) is 0.133. The van der Waals surface area contributed by atoms with Gasteiger partial charge in [-0.2, -0.15) is 13.2 Å². The Labute approximate surface area is 131 Å². The van der Waals surface area contributed by atoms with Crippen LogP contribution in [0.15, 0.2) is 54.6 Å². The van der Waals surface area contributed by atoms with Gasteiger partial charge in [0.05, 0.1) is 5.56 Å². The maximum absolute atomic E-state index is 12.5. The third kappa shape index (κ3) is 4.39. The number of rotatable bonds is 4. The van der Waals surface area contributed by atoms with E-state index in [2.05, 4.69) is 5.32 Å². The number of carboxylic acids is 1. The molecule has 7 heteroatoms. The van der Waals surface area contributed by atoms with Crippen LogP contribution in [0, 0.1) is 0 Å². The van der Waals surface area contributed by atoms with E-state index in [-0.39, 0.29) is 18.0 Å². The minimum absolute atomic E-state index is 0. The van der Waals surface area contributed by atoms with Gasteiger partial charge in [-0.15, -0.1) is 12.4 Å². The third-order valence-electron chi connectivity index (χ3n) is 2.90. The standard InChI is InChI=1S/C15H12F3NO2.ClH/c16-15(17,18)11-8-6-10(7-9-11)13(14(20)21)19-12-4-2-1-3-5-12;/h1-9,13,19H,(H,20,21);1H. The number of carboxylic acid groups (broad SMARTS) is 1. The summed E-state index contributed by atoms with van der Waals surface area (Å²) in [5, 5.41) is 12.0. The van der Waals surface area contributed by atoms with Gasteiger partial charge >= 0.3 is 12.1 Å². The largest absolute Gasteiger partial charge is 0.479 e. The molecule has 2 rings (SSSR count). The van der Waals surface area contributed by atoms with Crippen molar-refractivity contribution in [1.82, 2.24) is 0 Å². The van der Waals surface area contributed by atoms with Crippen molar-refractivity contribution in [1.29, 1.82) is 0 Å². The van der Waals surface area contributed by atoms with Crippen molar-refractivity contribution in [3.05, 3.63) is 65.7 Å². The molecule has 3 nitrogen and oxygen atoms in total. The SMILES string of the molecule is Cl.O=C(O)C(Nc1ccccc1)c1ccc(C(F)(F)F)cc1. The summed E-state index contributed by atoms with van der Waals surface area (Å²) in [6.07, 6.45) is -4.44. The number of hydrogen-bond acceptors (Lipinski definition) is 2. The first-order valence-electron chi connectivity index (χ1n) is 6.09. The normalized spacial score (nSPS) is 12.1. The molecule has 0 radical (unpaired) electrons. The van der Waals surface area contributed by atoms with E-state index in [4.69, 9.17) is 0 Å². The highest BCUT2D eigenvalue weighted by Crippen LogP contribution is 2.30. The molecular weight excluding hydrogens is 319 g/mol. The molecule has 0 aliphatic heterocycles.